The van der Waals surface area contributed by atoms with E-state index in [4.69, 9.17) is 4.74 Å². The number of anilines is 2. The molecule has 0 aliphatic carbocycles. The maximum Gasteiger partial charge on any atom is 0.233 e. The molecule has 4 heteroatoms. The van der Waals surface area contributed by atoms with Crippen molar-refractivity contribution in [2.24, 2.45) is 5.41 Å². The highest BCUT2D eigenvalue weighted by atomic mass is 16.5. The van der Waals surface area contributed by atoms with E-state index in [0.29, 0.717) is 5.91 Å². The maximum atomic E-state index is 12.9. The van der Waals surface area contributed by atoms with E-state index in [9.17, 15) is 4.79 Å². The Morgan fingerprint density at radius 3 is 2.18 bits per heavy atom. The van der Waals surface area contributed by atoms with Crippen LogP contribution in [0.15, 0.2) is 24.3 Å². The normalized spacial score (nSPS) is 24.5. The standard InChI is InChI=1S/C18H24N2O2/c21-17-18(8-13-22-14-9-18)7-12-20(17)16-5-3-15(4-6-16)19-10-1-2-11-19/h3-6H,1-2,7-14H2. The fourth-order valence-electron chi connectivity index (χ4n) is 4.11. The first kappa shape index (κ1) is 14.1. The highest BCUT2D eigenvalue weighted by molar-refractivity contribution is 6.00. The zero-order valence-electron chi connectivity index (χ0n) is 13.1. The van der Waals surface area contributed by atoms with Gasteiger partial charge in [0.25, 0.3) is 0 Å². The van der Waals surface area contributed by atoms with Gasteiger partial charge in [-0.1, -0.05) is 0 Å². The maximum absolute atomic E-state index is 12.9. The molecule has 1 aromatic carbocycles. The molecule has 1 aromatic rings. The summed E-state index contributed by atoms with van der Waals surface area (Å²) in [5.41, 5.74) is 2.19. The van der Waals surface area contributed by atoms with Crippen LogP contribution in [0.4, 0.5) is 11.4 Å². The van der Waals surface area contributed by atoms with Gasteiger partial charge >= 0.3 is 0 Å². The molecule has 118 valence electrons. The molecular weight excluding hydrogens is 276 g/mol. The second-order valence-corrected chi connectivity index (χ2v) is 6.81. The summed E-state index contributed by atoms with van der Waals surface area (Å²) in [6, 6.07) is 8.57. The Balaban J connectivity index is 1.51. The van der Waals surface area contributed by atoms with Crippen LogP contribution < -0.4 is 9.80 Å². The molecule has 3 heterocycles. The van der Waals surface area contributed by atoms with E-state index in [1.165, 1.54) is 18.5 Å². The summed E-state index contributed by atoms with van der Waals surface area (Å²) >= 11 is 0. The van der Waals surface area contributed by atoms with Crippen molar-refractivity contribution in [3.05, 3.63) is 24.3 Å². The molecular formula is C18H24N2O2. The van der Waals surface area contributed by atoms with Gasteiger partial charge in [-0.15, -0.1) is 0 Å². The molecule has 0 saturated carbocycles. The van der Waals surface area contributed by atoms with Gasteiger partial charge in [-0.2, -0.15) is 0 Å². The van der Waals surface area contributed by atoms with E-state index in [2.05, 4.69) is 29.2 Å². The zero-order valence-corrected chi connectivity index (χ0v) is 13.1. The van der Waals surface area contributed by atoms with Gasteiger partial charge in [0.15, 0.2) is 0 Å². The molecule has 3 fully saturated rings. The minimum atomic E-state index is -0.147. The SMILES string of the molecule is O=C1N(c2ccc(N3CCCC3)cc2)CCC12CCOCC2. The Morgan fingerprint density at radius 1 is 0.864 bits per heavy atom. The largest absolute Gasteiger partial charge is 0.381 e. The van der Waals surface area contributed by atoms with Crippen molar-refractivity contribution in [2.75, 3.05) is 42.6 Å². The number of carbonyl (C=O) groups is 1. The molecule has 1 amide bonds. The summed E-state index contributed by atoms with van der Waals surface area (Å²) < 4.78 is 5.44. The minimum absolute atomic E-state index is 0.147. The Labute approximate surface area is 132 Å². The quantitative estimate of drug-likeness (QED) is 0.842. The van der Waals surface area contributed by atoms with Crippen molar-refractivity contribution in [3.8, 4) is 0 Å². The van der Waals surface area contributed by atoms with Gasteiger partial charge in [0, 0.05) is 44.2 Å². The zero-order chi connectivity index (χ0) is 15.0. The molecule has 4 rings (SSSR count). The second kappa shape index (κ2) is 5.58. The van der Waals surface area contributed by atoms with Crippen LogP contribution in [-0.2, 0) is 9.53 Å². The number of carbonyl (C=O) groups excluding carboxylic acids is 1. The molecule has 0 unspecified atom stereocenters. The first-order chi connectivity index (χ1) is 10.8. The van der Waals surface area contributed by atoms with E-state index in [0.717, 1.165) is 57.8 Å². The molecule has 0 bridgehead atoms. The van der Waals surface area contributed by atoms with Gasteiger partial charge in [-0.3, -0.25) is 4.79 Å². The smallest absolute Gasteiger partial charge is 0.233 e. The fourth-order valence-corrected chi connectivity index (χ4v) is 4.11. The summed E-state index contributed by atoms with van der Waals surface area (Å²) in [6.07, 6.45) is 5.32. The predicted molar refractivity (Wildman–Crippen MR) is 87.3 cm³/mol. The van der Waals surface area contributed by atoms with Crippen molar-refractivity contribution in [1.82, 2.24) is 0 Å². The van der Waals surface area contributed by atoms with Crippen LogP contribution in [0.2, 0.25) is 0 Å². The molecule has 3 aliphatic rings. The monoisotopic (exact) mass is 300 g/mol. The average Bonchev–Trinajstić information content (AvgIpc) is 3.19. The first-order valence-electron chi connectivity index (χ1n) is 8.53. The number of rotatable bonds is 2. The highest BCUT2D eigenvalue weighted by Crippen LogP contribution is 2.42. The predicted octanol–water partition coefficient (Wildman–Crippen LogP) is 2.82. The Hall–Kier alpha value is -1.55. The van der Waals surface area contributed by atoms with Crippen LogP contribution in [-0.4, -0.2) is 38.8 Å². The molecule has 1 spiro atoms. The lowest BCUT2D eigenvalue weighted by molar-refractivity contribution is -0.130. The Kier molecular flexibility index (Phi) is 3.57. The van der Waals surface area contributed by atoms with Crippen LogP contribution in [0.5, 0.6) is 0 Å². The van der Waals surface area contributed by atoms with Gasteiger partial charge in [0.1, 0.15) is 0 Å². The number of hydrogen-bond acceptors (Lipinski definition) is 3. The van der Waals surface area contributed by atoms with E-state index < -0.39 is 0 Å². The number of benzene rings is 1. The van der Waals surface area contributed by atoms with Crippen molar-refractivity contribution >= 4 is 17.3 Å². The molecule has 4 nitrogen and oxygen atoms in total. The first-order valence-corrected chi connectivity index (χ1v) is 8.53. The number of amides is 1. The summed E-state index contributed by atoms with van der Waals surface area (Å²) in [7, 11) is 0. The molecule has 0 atom stereocenters. The van der Waals surface area contributed by atoms with Crippen LogP contribution in [0.1, 0.15) is 32.1 Å². The van der Waals surface area contributed by atoms with Gasteiger partial charge in [-0.05, 0) is 56.4 Å². The molecule has 0 aromatic heterocycles. The Bertz CT molecular complexity index is 543. The minimum Gasteiger partial charge on any atom is -0.381 e. The molecule has 22 heavy (non-hydrogen) atoms. The third kappa shape index (κ3) is 2.30. The number of nitrogens with zero attached hydrogens (tertiary/aromatic N) is 2. The summed E-state index contributed by atoms with van der Waals surface area (Å²) in [5.74, 6) is 0.310. The van der Waals surface area contributed by atoms with Crippen LogP contribution in [0.3, 0.4) is 0 Å². The van der Waals surface area contributed by atoms with Crippen LogP contribution >= 0.6 is 0 Å². The number of ether oxygens (including phenoxy) is 1. The van der Waals surface area contributed by atoms with Gasteiger partial charge in [0.2, 0.25) is 5.91 Å². The van der Waals surface area contributed by atoms with E-state index in [1.54, 1.807) is 0 Å². The fraction of sp³-hybridized carbons (Fsp3) is 0.611. The lowest BCUT2D eigenvalue weighted by atomic mass is 9.79. The molecule has 3 aliphatic heterocycles. The van der Waals surface area contributed by atoms with E-state index >= 15 is 0 Å². The number of hydrogen-bond donors (Lipinski definition) is 0. The topological polar surface area (TPSA) is 32.8 Å². The van der Waals surface area contributed by atoms with Crippen LogP contribution in [0.25, 0.3) is 0 Å². The summed E-state index contributed by atoms with van der Waals surface area (Å²) in [4.78, 5) is 17.3. The van der Waals surface area contributed by atoms with Gasteiger partial charge < -0.3 is 14.5 Å². The Morgan fingerprint density at radius 2 is 1.50 bits per heavy atom. The van der Waals surface area contributed by atoms with Gasteiger partial charge in [0.05, 0.1) is 5.41 Å². The van der Waals surface area contributed by atoms with Crippen molar-refractivity contribution < 1.29 is 9.53 Å². The second-order valence-electron chi connectivity index (χ2n) is 6.81. The van der Waals surface area contributed by atoms with Crippen LogP contribution in [0, 0.1) is 5.41 Å². The van der Waals surface area contributed by atoms with Crippen molar-refractivity contribution in [1.29, 1.82) is 0 Å². The van der Waals surface area contributed by atoms with Crippen molar-refractivity contribution in [3.63, 3.8) is 0 Å². The highest BCUT2D eigenvalue weighted by Gasteiger charge is 2.47. The van der Waals surface area contributed by atoms with E-state index in [1.807, 2.05) is 4.90 Å². The molecule has 0 N–H and O–H groups in total. The molecule has 0 radical (unpaired) electrons. The third-order valence-electron chi connectivity index (χ3n) is 5.60. The van der Waals surface area contributed by atoms with E-state index in [-0.39, 0.29) is 5.41 Å². The summed E-state index contributed by atoms with van der Waals surface area (Å²) in [5, 5.41) is 0. The third-order valence-corrected chi connectivity index (χ3v) is 5.60. The summed E-state index contributed by atoms with van der Waals surface area (Å²) in [6.45, 7) is 4.62. The lowest BCUT2D eigenvalue weighted by Crippen LogP contribution is -2.38. The lowest BCUT2D eigenvalue weighted by Gasteiger charge is -2.31. The molecule has 3 saturated heterocycles. The van der Waals surface area contributed by atoms with Gasteiger partial charge in [-0.25, -0.2) is 0 Å². The van der Waals surface area contributed by atoms with Crippen molar-refractivity contribution in [2.45, 2.75) is 32.1 Å². The average molecular weight is 300 g/mol.